The maximum Gasteiger partial charge on any atom is 0.269 e. The second-order valence-corrected chi connectivity index (χ2v) is 6.75. The Hall–Kier alpha value is -2.83. The van der Waals surface area contributed by atoms with E-state index in [0.29, 0.717) is 35.3 Å². The van der Waals surface area contributed by atoms with Gasteiger partial charge in [0.2, 0.25) is 0 Å². The first kappa shape index (κ1) is 18.9. The minimum absolute atomic E-state index is 0.215. The number of nitrogens with one attached hydrogen (secondary N) is 1. The number of anilines is 1. The van der Waals surface area contributed by atoms with Crippen LogP contribution in [0.15, 0.2) is 60.7 Å². The van der Waals surface area contributed by atoms with Crippen LogP contribution in [-0.4, -0.2) is 33.3 Å². The SMILES string of the molecule is COCCOc1cccc(NC(=O)c2sc(-c3ccccc3)cc2OC)c1. The van der Waals surface area contributed by atoms with Gasteiger partial charge in [0.25, 0.3) is 5.91 Å². The Morgan fingerprint density at radius 3 is 2.56 bits per heavy atom. The van der Waals surface area contributed by atoms with Crippen LogP contribution in [0.2, 0.25) is 0 Å². The second kappa shape index (κ2) is 9.21. The lowest BCUT2D eigenvalue weighted by Gasteiger charge is -2.09. The minimum atomic E-state index is -0.215. The fourth-order valence-corrected chi connectivity index (χ4v) is 3.55. The lowest BCUT2D eigenvalue weighted by atomic mass is 10.2. The van der Waals surface area contributed by atoms with Gasteiger partial charge >= 0.3 is 0 Å². The van der Waals surface area contributed by atoms with Gasteiger partial charge in [0.15, 0.2) is 0 Å². The molecule has 0 bridgehead atoms. The standard InChI is InChI=1S/C21H21NO4S/c1-24-11-12-26-17-10-6-9-16(13-17)22-21(23)20-18(25-2)14-19(27-20)15-7-4-3-5-8-15/h3-10,13-14H,11-12H2,1-2H3,(H,22,23). The highest BCUT2D eigenvalue weighted by atomic mass is 32.1. The maximum absolute atomic E-state index is 12.8. The summed E-state index contributed by atoms with van der Waals surface area (Å²) in [7, 11) is 3.19. The lowest BCUT2D eigenvalue weighted by Crippen LogP contribution is -2.11. The summed E-state index contributed by atoms with van der Waals surface area (Å²) in [6, 6.07) is 19.1. The van der Waals surface area contributed by atoms with Gasteiger partial charge < -0.3 is 19.5 Å². The van der Waals surface area contributed by atoms with Crippen molar-refractivity contribution >= 4 is 22.9 Å². The monoisotopic (exact) mass is 383 g/mol. The molecule has 27 heavy (non-hydrogen) atoms. The number of amides is 1. The molecule has 0 saturated heterocycles. The molecule has 3 rings (SSSR count). The third kappa shape index (κ3) is 4.87. The Balaban J connectivity index is 1.76. The molecule has 2 aromatic carbocycles. The lowest BCUT2D eigenvalue weighted by molar-refractivity contribution is 0.102. The largest absolute Gasteiger partial charge is 0.495 e. The third-order valence-corrected chi connectivity index (χ3v) is 4.99. The van der Waals surface area contributed by atoms with E-state index in [4.69, 9.17) is 14.2 Å². The fraction of sp³-hybridized carbons (Fsp3) is 0.190. The van der Waals surface area contributed by atoms with Gasteiger partial charge in [-0.2, -0.15) is 0 Å². The van der Waals surface area contributed by atoms with Crippen LogP contribution in [0.1, 0.15) is 9.67 Å². The summed E-state index contributed by atoms with van der Waals surface area (Å²) in [5.41, 5.74) is 1.71. The van der Waals surface area contributed by atoms with Crippen LogP contribution in [0.25, 0.3) is 10.4 Å². The van der Waals surface area contributed by atoms with Crippen molar-refractivity contribution in [3.63, 3.8) is 0 Å². The van der Waals surface area contributed by atoms with Crippen LogP contribution in [0.5, 0.6) is 11.5 Å². The van der Waals surface area contributed by atoms with E-state index in [-0.39, 0.29) is 5.91 Å². The molecule has 0 atom stereocenters. The molecule has 1 aromatic heterocycles. The zero-order valence-electron chi connectivity index (χ0n) is 15.2. The summed E-state index contributed by atoms with van der Waals surface area (Å²) >= 11 is 1.40. The van der Waals surface area contributed by atoms with Crippen molar-refractivity contribution in [3.05, 3.63) is 65.5 Å². The normalized spacial score (nSPS) is 10.4. The van der Waals surface area contributed by atoms with Gasteiger partial charge in [-0.1, -0.05) is 36.4 Å². The topological polar surface area (TPSA) is 56.8 Å². The molecule has 6 heteroatoms. The molecule has 0 aliphatic carbocycles. The molecule has 3 aromatic rings. The molecule has 0 radical (unpaired) electrons. The van der Waals surface area contributed by atoms with Crippen molar-refractivity contribution in [2.45, 2.75) is 0 Å². The predicted octanol–water partition coefficient (Wildman–Crippen LogP) is 4.70. The van der Waals surface area contributed by atoms with Crippen molar-refractivity contribution in [1.82, 2.24) is 0 Å². The average molecular weight is 383 g/mol. The van der Waals surface area contributed by atoms with E-state index in [9.17, 15) is 4.79 Å². The first-order valence-electron chi connectivity index (χ1n) is 8.47. The Kier molecular flexibility index (Phi) is 6.46. The van der Waals surface area contributed by atoms with Crippen LogP contribution < -0.4 is 14.8 Å². The Morgan fingerprint density at radius 1 is 1.00 bits per heavy atom. The number of methoxy groups -OCH3 is 2. The van der Waals surface area contributed by atoms with Crippen LogP contribution >= 0.6 is 11.3 Å². The van der Waals surface area contributed by atoms with Gasteiger partial charge in [-0.05, 0) is 23.8 Å². The fourth-order valence-electron chi connectivity index (χ4n) is 2.52. The Morgan fingerprint density at radius 2 is 1.81 bits per heavy atom. The molecule has 5 nitrogen and oxygen atoms in total. The van der Waals surface area contributed by atoms with E-state index in [1.165, 1.54) is 11.3 Å². The maximum atomic E-state index is 12.8. The second-order valence-electron chi connectivity index (χ2n) is 5.70. The summed E-state index contributed by atoms with van der Waals surface area (Å²) in [4.78, 5) is 14.3. The quantitative estimate of drug-likeness (QED) is 0.573. The summed E-state index contributed by atoms with van der Waals surface area (Å²) in [5.74, 6) is 1.02. The summed E-state index contributed by atoms with van der Waals surface area (Å²) < 4.78 is 16.0. The molecule has 0 spiro atoms. The van der Waals surface area contributed by atoms with Gasteiger partial charge in [0.05, 0.1) is 13.7 Å². The number of ether oxygens (including phenoxy) is 3. The van der Waals surface area contributed by atoms with Gasteiger partial charge in [-0.15, -0.1) is 11.3 Å². The van der Waals surface area contributed by atoms with Crippen molar-refractivity contribution in [1.29, 1.82) is 0 Å². The average Bonchev–Trinajstić information content (AvgIpc) is 3.14. The highest BCUT2D eigenvalue weighted by Gasteiger charge is 2.18. The molecule has 0 saturated carbocycles. The van der Waals surface area contributed by atoms with E-state index >= 15 is 0 Å². The molecule has 0 unspecified atom stereocenters. The molecule has 1 N–H and O–H groups in total. The van der Waals surface area contributed by atoms with Crippen molar-refractivity contribution < 1.29 is 19.0 Å². The summed E-state index contributed by atoms with van der Waals surface area (Å²) in [6.07, 6.45) is 0. The molecule has 0 fully saturated rings. The molecule has 1 heterocycles. The highest BCUT2D eigenvalue weighted by Crippen LogP contribution is 2.36. The molecule has 140 valence electrons. The van der Waals surface area contributed by atoms with Crippen LogP contribution in [0.3, 0.4) is 0 Å². The number of benzene rings is 2. The number of carbonyl (C=O) groups is 1. The Bertz CT molecular complexity index is 892. The molecule has 0 aliphatic rings. The van der Waals surface area contributed by atoms with Gasteiger partial charge in [-0.25, -0.2) is 0 Å². The van der Waals surface area contributed by atoms with Gasteiger partial charge in [-0.3, -0.25) is 4.79 Å². The van der Waals surface area contributed by atoms with Crippen LogP contribution in [0, 0.1) is 0 Å². The number of rotatable bonds is 8. The minimum Gasteiger partial charge on any atom is -0.495 e. The van der Waals surface area contributed by atoms with Gasteiger partial charge in [0, 0.05) is 23.7 Å². The van der Waals surface area contributed by atoms with Crippen LogP contribution in [0.4, 0.5) is 5.69 Å². The third-order valence-electron chi connectivity index (χ3n) is 3.83. The molecular weight excluding hydrogens is 362 g/mol. The molecule has 1 amide bonds. The highest BCUT2D eigenvalue weighted by molar-refractivity contribution is 7.17. The van der Waals surface area contributed by atoms with E-state index in [1.807, 2.05) is 54.6 Å². The van der Waals surface area contributed by atoms with Crippen LogP contribution in [-0.2, 0) is 4.74 Å². The van der Waals surface area contributed by atoms with Crippen molar-refractivity contribution in [2.24, 2.45) is 0 Å². The number of carbonyl (C=O) groups excluding carboxylic acids is 1. The van der Waals surface area contributed by atoms with Crippen molar-refractivity contribution in [3.8, 4) is 21.9 Å². The predicted molar refractivity (Wildman–Crippen MR) is 108 cm³/mol. The van der Waals surface area contributed by atoms with Crippen molar-refractivity contribution in [2.75, 3.05) is 32.8 Å². The number of hydrogen-bond acceptors (Lipinski definition) is 5. The zero-order valence-corrected chi connectivity index (χ0v) is 16.0. The van der Waals surface area contributed by atoms with Gasteiger partial charge in [0.1, 0.15) is 23.0 Å². The van der Waals surface area contributed by atoms with E-state index in [0.717, 1.165) is 10.4 Å². The Labute approximate surface area is 162 Å². The summed E-state index contributed by atoms with van der Waals surface area (Å²) in [5, 5.41) is 2.91. The summed E-state index contributed by atoms with van der Waals surface area (Å²) in [6.45, 7) is 0.957. The van der Waals surface area contributed by atoms with E-state index in [1.54, 1.807) is 20.3 Å². The van der Waals surface area contributed by atoms with E-state index < -0.39 is 0 Å². The molecular formula is C21H21NO4S. The smallest absolute Gasteiger partial charge is 0.269 e. The first-order chi connectivity index (χ1) is 13.2. The first-order valence-corrected chi connectivity index (χ1v) is 9.29. The number of hydrogen-bond donors (Lipinski definition) is 1. The molecule has 0 aliphatic heterocycles. The number of thiophene rings is 1. The van der Waals surface area contributed by atoms with E-state index in [2.05, 4.69) is 5.32 Å². The zero-order chi connectivity index (χ0) is 19.1.